The molecule has 2 amide bonds. The maximum atomic E-state index is 12.2. The molecule has 6 heteroatoms. The molecule has 2 N–H and O–H groups in total. The van der Waals surface area contributed by atoms with Gasteiger partial charge in [-0.3, -0.25) is 14.5 Å². The normalized spacial score (nSPS) is 22.8. The number of carbonyl (C=O) groups excluding carboxylic acids is 2. The van der Waals surface area contributed by atoms with E-state index in [0.717, 1.165) is 23.9 Å². The highest BCUT2D eigenvalue weighted by Gasteiger charge is 2.46. The number of benzene rings is 1. The van der Waals surface area contributed by atoms with Crippen LogP contribution in [0.25, 0.3) is 11.0 Å². The van der Waals surface area contributed by atoms with Crippen LogP contribution in [-0.2, 0) is 9.59 Å². The van der Waals surface area contributed by atoms with Gasteiger partial charge in [-0.2, -0.15) is 0 Å². The van der Waals surface area contributed by atoms with Gasteiger partial charge in [0.25, 0.3) is 5.91 Å². The first-order valence-electron chi connectivity index (χ1n) is 6.79. The van der Waals surface area contributed by atoms with Crippen molar-refractivity contribution in [1.82, 2.24) is 14.9 Å². The Morgan fingerprint density at radius 3 is 2.80 bits per heavy atom. The third kappa shape index (κ3) is 1.76. The third-order valence-corrected chi connectivity index (χ3v) is 3.80. The first-order chi connectivity index (χ1) is 9.72. The van der Waals surface area contributed by atoms with Crippen LogP contribution in [0.2, 0.25) is 0 Å². The lowest BCUT2D eigenvalue weighted by molar-refractivity contribution is -0.139. The maximum Gasteiger partial charge on any atom is 0.252 e. The molecule has 0 spiro atoms. The van der Waals surface area contributed by atoms with Gasteiger partial charge in [0.05, 0.1) is 17.5 Å². The molecule has 1 saturated carbocycles. The molecule has 2 aliphatic rings. The van der Waals surface area contributed by atoms with E-state index in [9.17, 15) is 9.59 Å². The highest BCUT2D eigenvalue weighted by molar-refractivity contribution is 6.07. The van der Waals surface area contributed by atoms with Crippen molar-refractivity contribution in [2.45, 2.75) is 31.3 Å². The second-order valence-electron chi connectivity index (χ2n) is 5.34. The largest absolute Gasteiger partial charge is 0.343 e. The molecule has 0 radical (unpaired) electrons. The van der Waals surface area contributed by atoms with Crippen LogP contribution >= 0.6 is 0 Å². The van der Waals surface area contributed by atoms with E-state index >= 15 is 0 Å². The summed E-state index contributed by atoms with van der Waals surface area (Å²) in [6, 6.07) is 7.29. The Hall–Kier alpha value is -2.37. The fourth-order valence-corrected chi connectivity index (χ4v) is 2.67. The quantitative estimate of drug-likeness (QED) is 0.823. The lowest BCUT2D eigenvalue weighted by Gasteiger charge is -2.13. The number of imidazole rings is 1. The molecule has 1 atom stereocenters. The molecule has 20 heavy (non-hydrogen) atoms. The van der Waals surface area contributed by atoms with Gasteiger partial charge in [0.15, 0.2) is 0 Å². The Kier molecular flexibility index (Phi) is 2.33. The van der Waals surface area contributed by atoms with Crippen LogP contribution in [0.15, 0.2) is 24.3 Å². The summed E-state index contributed by atoms with van der Waals surface area (Å²) >= 11 is 0. The number of H-pyrrole nitrogens is 1. The van der Waals surface area contributed by atoms with Gasteiger partial charge in [0.1, 0.15) is 6.04 Å². The van der Waals surface area contributed by atoms with Crippen LogP contribution in [0.4, 0.5) is 5.95 Å². The molecule has 1 aromatic carbocycles. The average molecular weight is 270 g/mol. The molecule has 4 rings (SSSR count). The number of likely N-dealkylation sites (tertiary alicyclic amines) is 1. The molecule has 102 valence electrons. The predicted octanol–water partition coefficient (Wildman–Crippen LogP) is 1.26. The van der Waals surface area contributed by atoms with Crippen molar-refractivity contribution in [2.24, 2.45) is 0 Å². The summed E-state index contributed by atoms with van der Waals surface area (Å²) in [6.45, 7) is 0. The number of anilines is 1. The summed E-state index contributed by atoms with van der Waals surface area (Å²) in [6.07, 6.45) is 2.09. The molecule has 6 nitrogen and oxygen atoms in total. The van der Waals surface area contributed by atoms with Gasteiger partial charge in [0, 0.05) is 6.04 Å². The zero-order valence-electron chi connectivity index (χ0n) is 10.8. The van der Waals surface area contributed by atoms with Crippen molar-refractivity contribution in [3.8, 4) is 0 Å². The number of nitrogens with one attached hydrogen (secondary N) is 2. The highest BCUT2D eigenvalue weighted by atomic mass is 16.2. The van der Waals surface area contributed by atoms with Crippen molar-refractivity contribution in [1.29, 1.82) is 0 Å². The van der Waals surface area contributed by atoms with Crippen LogP contribution in [0.5, 0.6) is 0 Å². The van der Waals surface area contributed by atoms with E-state index in [-0.39, 0.29) is 24.3 Å². The zero-order chi connectivity index (χ0) is 13.7. The van der Waals surface area contributed by atoms with Gasteiger partial charge in [-0.15, -0.1) is 0 Å². The molecule has 2 aromatic rings. The maximum absolute atomic E-state index is 12.2. The molecule has 1 saturated heterocycles. The fraction of sp³-hybridized carbons (Fsp3) is 0.357. The summed E-state index contributed by atoms with van der Waals surface area (Å²) in [7, 11) is 0. The summed E-state index contributed by atoms with van der Waals surface area (Å²) in [5, 5.41) is 3.04. The Labute approximate surface area is 115 Å². The predicted molar refractivity (Wildman–Crippen MR) is 73.0 cm³/mol. The van der Waals surface area contributed by atoms with Crippen LogP contribution < -0.4 is 5.32 Å². The van der Waals surface area contributed by atoms with Crippen LogP contribution in [0.3, 0.4) is 0 Å². The number of para-hydroxylation sites is 2. The number of imide groups is 1. The molecule has 2 heterocycles. The number of amides is 2. The number of hydrogen-bond acceptors (Lipinski definition) is 4. The van der Waals surface area contributed by atoms with Crippen molar-refractivity contribution in [3.05, 3.63) is 24.3 Å². The minimum atomic E-state index is -0.497. The lowest BCUT2D eigenvalue weighted by Crippen LogP contribution is -2.36. The molecular weight excluding hydrogens is 256 g/mol. The number of rotatable bonds is 3. The van der Waals surface area contributed by atoms with Gasteiger partial charge in [-0.1, -0.05) is 12.1 Å². The minimum Gasteiger partial charge on any atom is -0.343 e. The van der Waals surface area contributed by atoms with Crippen molar-refractivity contribution in [2.75, 3.05) is 5.32 Å². The summed E-state index contributed by atoms with van der Waals surface area (Å²) < 4.78 is 0. The van der Waals surface area contributed by atoms with Gasteiger partial charge in [0.2, 0.25) is 11.9 Å². The Morgan fingerprint density at radius 1 is 1.25 bits per heavy atom. The molecule has 1 aliphatic carbocycles. The van der Waals surface area contributed by atoms with Gasteiger partial charge in [-0.25, -0.2) is 4.98 Å². The molecule has 1 aliphatic heterocycles. The SMILES string of the molecule is O=C1CC(Nc2nc3ccccc3[nH]2)C(=O)N1C1CC1. The Balaban J connectivity index is 1.56. The number of aromatic nitrogens is 2. The Bertz CT molecular complexity index is 671. The number of hydrogen-bond donors (Lipinski definition) is 2. The monoisotopic (exact) mass is 270 g/mol. The average Bonchev–Trinajstić information content (AvgIpc) is 3.10. The zero-order valence-corrected chi connectivity index (χ0v) is 10.8. The lowest BCUT2D eigenvalue weighted by atomic mass is 10.2. The van der Waals surface area contributed by atoms with E-state index in [0.29, 0.717) is 5.95 Å². The van der Waals surface area contributed by atoms with E-state index < -0.39 is 6.04 Å². The Morgan fingerprint density at radius 2 is 2.05 bits per heavy atom. The van der Waals surface area contributed by atoms with E-state index in [1.54, 1.807) is 0 Å². The smallest absolute Gasteiger partial charge is 0.252 e. The summed E-state index contributed by atoms with van der Waals surface area (Å²) in [5.74, 6) is 0.332. The van der Waals surface area contributed by atoms with Crippen LogP contribution in [-0.4, -0.2) is 38.8 Å². The number of nitrogens with zero attached hydrogens (tertiary/aromatic N) is 2. The van der Waals surface area contributed by atoms with E-state index in [4.69, 9.17) is 0 Å². The second-order valence-corrected chi connectivity index (χ2v) is 5.34. The van der Waals surface area contributed by atoms with E-state index in [2.05, 4.69) is 15.3 Å². The van der Waals surface area contributed by atoms with Crippen LogP contribution in [0.1, 0.15) is 19.3 Å². The van der Waals surface area contributed by atoms with Gasteiger partial charge in [-0.05, 0) is 25.0 Å². The van der Waals surface area contributed by atoms with E-state index in [1.165, 1.54) is 4.90 Å². The molecule has 2 fully saturated rings. The second kappa shape index (κ2) is 4.06. The molecule has 0 bridgehead atoms. The first-order valence-corrected chi connectivity index (χ1v) is 6.79. The fourth-order valence-electron chi connectivity index (χ4n) is 2.67. The minimum absolute atomic E-state index is 0.0777. The van der Waals surface area contributed by atoms with Crippen molar-refractivity contribution >= 4 is 28.8 Å². The first kappa shape index (κ1) is 11.5. The third-order valence-electron chi connectivity index (χ3n) is 3.80. The van der Waals surface area contributed by atoms with E-state index in [1.807, 2.05) is 24.3 Å². The molecule has 1 aromatic heterocycles. The number of fused-ring (bicyclic) bond motifs is 1. The molecular formula is C14H14N4O2. The molecule has 1 unspecified atom stereocenters. The number of aromatic amines is 1. The van der Waals surface area contributed by atoms with Gasteiger partial charge >= 0.3 is 0 Å². The van der Waals surface area contributed by atoms with Crippen LogP contribution in [0, 0.1) is 0 Å². The topological polar surface area (TPSA) is 78.1 Å². The summed E-state index contributed by atoms with van der Waals surface area (Å²) in [4.78, 5) is 33.0. The number of carbonyl (C=O) groups is 2. The van der Waals surface area contributed by atoms with Crippen molar-refractivity contribution < 1.29 is 9.59 Å². The van der Waals surface area contributed by atoms with Crippen molar-refractivity contribution in [3.63, 3.8) is 0 Å². The summed E-state index contributed by atoms with van der Waals surface area (Å²) in [5.41, 5.74) is 1.75. The highest BCUT2D eigenvalue weighted by Crippen LogP contribution is 2.32. The van der Waals surface area contributed by atoms with Gasteiger partial charge < -0.3 is 10.3 Å². The standard InChI is InChI=1S/C14H14N4O2/c19-12-7-11(13(20)18(12)8-5-6-8)17-14-15-9-3-1-2-4-10(9)16-14/h1-4,8,11H,5-7H2,(H2,15,16,17).